The molecule has 1 aromatic carbocycles. The molecule has 0 aliphatic rings. The molecule has 0 atom stereocenters. The van der Waals surface area contributed by atoms with E-state index >= 15 is 0 Å². The Morgan fingerprint density at radius 1 is 1.24 bits per heavy atom. The van der Waals surface area contributed by atoms with E-state index in [2.05, 4.69) is 9.71 Å². The zero-order valence-electron chi connectivity index (χ0n) is 9.64. The van der Waals surface area contributed by atoms with Gasteiger partial charge >= 0.3 is 10.0 Å². The number of hydrogen-bond acceptors (Lipinski definition) is 2. The van der Waals surface area contributed by atoms with Crippen molar-refractivity contribution < 1.29 is 13.0 Å². The maximum absolute atomic E-state index is 11.9. The number of nitrogens with one attached hydrogen (secondary N) is 2. The van der Waals surface area contributed by atoms with E-state index in [-0.39, 0.29) is 5.03 Å². The van der Waals surface area contributed by atoms with Crippen LogP contribution in [0.2, 0.25) is 0 Å². The van der Waals surface area contributed by atoms with Crippen LogP contribution in [0.25, 0.3) is 0 Å². The fraction of sp³-hybridized carbons (Fsp3) is 0.182. The van der Waals surface area contributed by atoms with Crippen molar-refractivity contribution in [1.82, 2.24) is 4.98 Å². The average Bonchev–Trinajstić information content (AvgIpc) is 2.69. The second-order valence-corrected chi connectivity index (χ2v) is 5.55. The monoisotopic (exact) mass is 252 g/mol. The van der Waals surface area contributed by atoms with Gasteiger partial charge < -0.3 is 0 Å². The van der Waals surface area contributed by atoms with Crippen molar-refractivity contribution in [3.63, 3.8) is 0 Å². The van der Waals surface area contributed by atoms with E-state index in [4.69, 9.17) is 0 Å². The Labute approximate surface area is 100 Å². The molecule has 17 heavy (non-hydrogen) atoms. The Hall–Kier alpha value is -1.82. The minimum Gasteiger partial charge on any atom is -0.277 e. The zero-order chi connectivity index (χ0) is 12.5. The Kier molecular flexibility index (Phi) is 2.89. The van der Waals surface area contributed by atoms with Gasteiger partial charge in [0.2, 0.25) is 6.33 Å². The fourth-order valence-corrected chi connectivity index (χ4v) is 2.47. The molecule has 0 aliphatic carbocycles. The van der Waals surface area contributed by atoms with Gasteiger partial charge in [0.15, 0.2) is 6.20 Å². The number of hydrogen-bond donors (Lipinski definition) is 2. The number of aromatic nitrogens is 2. The van der Waals surface area contributed by atoms with Crippen molar-refractivity contribution in [2.75, 3.05) is 4.72 Å². The predicted octanol–water partition coefficient (Wildman–Crippen LogP) is 0.948. The zero-order valence-corrected chi connectivity index (χ0v) is 10.5. The molecule has 5 nitrogen and oxygen atoms in total. The average molecular weight is 252 g/mol. The Morgan fingerprint density at radius 3 is 2.41 bits per heavy atom. The molecule has 0 saturated heterocycles. The van der Waals surface area contributed by atoms with Crippen molar-refractivity contribution in [2.24, 2.45) is 7.05 Å². The van der Waals surface area contributed by atoms with Gasteiger partial charge in [-0.15, -0.1) is 0 Å². The van der Waals surface area contributed by atoms with Gasteiger partial charge in [-0.25, -0.2) is 9.55 Å². The second-order valence-electron chi connectivity index (χ2n) is 3.90. The molecule has 2 rings (SSSR count). The Morgan fingerprint density at radius 2 is 1.88 bits per heavy atom. The van der Waals surface area contributed by atoms with Crippen LogP contribution in [-0.2, 0) is 17.1 Å². The number of imidazole rings is 1. The van der Waals surface area contributed by atoms with Crippen LogP contribution in [0.4, 0.5) is 5.69 Å². The van der Waals surface area contributed by atoms with Gasteiger partial charge in [0, 0.05) is 5.69 Å². The lowest BCUT2D eigenvalue weighted by Gasteiger charge is -2.04. The number of anilines is 1. The summed E-state index contributed by atoms with van der Waals surface area (Å²) in [4.78, 5) is 2.69. The fourth-order valence-electron chi connectivity index (χ4n) is 1.40. The molecular formula is C11H14N3O2S+. The summed E-state index contributed by atoms with van der Waals surface area (Å²) < 4.78 is 28.0. The van der Waals surface area contributed by atoms with Gasteiger partial charge in [0.25, 0.3) is 5.03 Å². The second kappa shape index (κ2) is 4.21. The third-order valence-corrected chi connectivity index (χ3v) is 3.63. The molecule has 6 heteroatoms. The lowest BCUT2D eigenvalue weighted by atomic mass is 10.2. The molecule has 0 bridgehead atoms. The topological polar surface area (TPSA) is 65.8 Å². The van der Waals surface area contributed by atoms with Gasteiger partial charge in [-0.05, 0) is 19.1 Å². The Balaban J connectivity index is 2.26. The first kappa shape index (κ1) is 11.7. The third kappa shape index (κ3) is 2.65. The smallest absolute Gasteiger partial charge is 0.277 e. The van der Waals surface area contributed by atoms with Crippen molar-refractivity contribution in [3.05, 3.63) is 42.4 Å². The lowest BCUT2D eigenvalue weighted by molar-refractivity contribution is -0.671. The van der Waals surface area contributed by atoms with E-state index in [9.17, 15) is 8.42 Å². The van der Waals surface area contributed by atoms with E-state index < -0.39 is 10.0 Å². The summed E-state index contributed by atoms with van der Waals surface area (Å²) in [6, 6.07) is 7.17. The van der Waals surface area contributed by atoms with Gasteiger partial charge in [0.1, 0.15) is 0 Å². The molecule has 0 saturated carbocycles. The first-order chi connectivity index (χ1) is 7.97. The van der Waals surface area contributed by atoms with E-state index in [1.807, 2.05) is 19.1 Å². The van der Waals surface area contributed by atoms with Crippen LogP contribution < -0.4 is 9.29 Å². The van der Waals surface area contributed by atoms with Gasteiger partial charge in [-0.2, -0.15) is 8.42 Å². The van der Waals surface area contributed by atoms with E-state index in [0.717, 1.165) is 5.56 Å². The molecular weight excluding hydrogens is 238 g/mol. The van der Waals surface area contributed by atoms with Gasteiger partial charge in [-0.1, -0.05) is 17.7 Å². The number of nitrogens with zero attached hydrogens (tertiary/aromatic N) is 1. The molecule has 1 heterocycles. The van der Waals surface area contributed by atoms with Crippen LogP contribution in [0.1, 0.15) is 5.56 Å². The molecule has 2 aromatic rings. The number of aryl methyl sites for hydroxylation is 2. The minimum atomic E-state index is -3.53. The summed E-state index contributed by atoms with van der Waals surface area (Å²) >= 11 is 0. The molecule has 0 aliphatic heterocycles. The number of benzene rings is 1. The third-order valence-electron chi connectivity index (χ3n) is 2.32. The Bertz CT molecular complexity index is 614. The molecule has 0 unspecified atom stereocenters. The highest BCUT2D eigenvalue weighted by Crippen LogP contribution is 2.13. The van der Waals surface area contributed by atoms with E-state index in [1.54, 1.807) is 30.1 Å². The summed E-state index contributed by atoms with van der Waals surface area (Å²) in [5, 5.41) is 0.139. The first-order valence-electron chi connectivity index (χ1n) is 5.10. The van der Waals surface area contributed by atoms with Crippen LogP contribution >= 0.6 is 0 Å². The summed E-state index contributed by atoms with van der Waals surface area (Å²) in [6.45, 7) is 1.95. The van der Waals surface area contributed by atoms with Crippen molar-refractivity contribution in [3.8, 4) is 0 Å². The molecule has 0 spiro atoms. The summed E-state index contributed by atoms with van der Waals surface area (Å²) in [6.07, 6.45) is 3.08. The van der Waals surface area contributed by atoms with Crippen LogP contribution in [0.3, 0.4) is 0 Å². The number of H-pyrrole nitrogens is 1. The molecule has 0 amide bonds. The first-order valence-corrected chi connectivity index (χ1v) is 6.59. The maximum Gasteiger partial charge on any atom is 0.302 e. The van der Waals surface area contributed by atoms with Crippen molar-refractivity contribution in [1.29, 1.82) is 0 Å². The van der Waals surface area contributed by atoms with Crippen LogP contribution in [0, 0.1) is 6.92 Å². The molecule has 1 aromatic heterocycles. The highest BCUT2D eigenvalue weighted by atomic mass is 32.2. The normalized spacial score (nSPS) is 11.4. The molecule has 2 N–H and O–H groups in total. The van der Waals surface area contributed by atoms with Gasteiger partial charge in [-0.3, -0.25) is 4.72 Å². The van der Waals surface area contributed by atoms with Crippen molar-refractivity contribution >= 4 is 15.7 Å². The number of rotatable bonds is 3. The van der Waals surface area contributed by atoms with Crippen molar-refractivity contribution in [2.45, 2.75) is 11.9 Å². The molecule has 0 fully saturated rings. The lowest BCUT2D eigenvalue weighted by Crippen LogP contribution is -2.23. The van der Waals surface area contributed by atoms with E-state index in [0.29, 0.717) is 5.69 Å². The standard InChI is InChI=1S/C11H13N3O2S/c1-9-3-5-10(6-4-9)13-17(15,16)11-7-14(2)8-12-11/h3-8,13H,1-2H3/p+1. The highest BCUT2D eigenvalue weighted by Gasteiger charge is 2.20. The van der Waals surface area contributed by atoms with Crippen LogP contribution in [0.15, 0.2) is 41.8 Å². The molecule has 0 radical (unpaired) electrons. The SMILES string of the molecule is Cc1ccc(NS(=O)(=O)c2c[n+](C)c[nH]2)cc1. The maximum atomic E-state index is 11.9. The highest BCUT2D eigenvalue weighted by molar-refractivity contribution is 7.92. The largest absolute Gasteiger partial charge is 0.302 e. The summed E-state index contributed by atoms with van der Waals surface area (Å²) in [5.74, 6) is 0. The van der Waals surface area contributed by atoms with Gasteiger partial charge in [0.05, 0.1) is 7.05 Å². The predicted molar refractivity (Wildman–Crippen MR) is 64.0 cm³/mol. The summed E-state index contributed by atoms with van der Waals surface area (Å²) in [7, 11) is -1.78. The summed E-state index contributed by atoms with van der Waals surface area (Å²) in [5.41, 5.74) is 1.63. The molecule has 90 valence electrons. The quantitative estimate of drug-likeness (QED) is 0.799. The van der Waals surface area contributed by atoms with E-state index in [1.165, 1.54) is 6.20 Å². The van der Waals surface area contributed by atoms with Crippen LogP contribution in [-0.4, -0.2) is 13.4 Å². The van der Waals surface area contributed by atoms with Crippen LogP contribution in [0.5, 0.6) is 0 Å². The number of sulfonamides is 1. The minimum absolute atomic E-state index is 0.139. The number of aromatic amines is 1.